The Morgan fingerprint density at radius 3 is 2.91 bits per heavy atom. The number of nitrogens with one attached hydrogen (secondary N) is 1. The molecule has 0 spiro atoms. The molecule has 0 saturated heterocycles. The summed E-state index contributed by atoms with van der Waals surface area (Å²) in [5, 5.41) is 7.89. The van der Waals surface area contributed by atoms with Gasteiger partial charge in [0, 0.05) is 6.42 Å². The molecule has 0 aromatic heterocycles. The van der Waals surface area contributed by atoms with Crippen molar-refractivity contribution >= 4 is 12.3 Å². The fraction of sp³-hybridized carbons (Fsp3) is 0.600. The summed E-state index contributed by atoms with van der Waals surface area (Å²) in [5.41, 5.74) is 6.41. The van der Waals surface area contributed by atoms with Gasteiger partial charge in [-0.2, -0.15) is 0 Å². The van der Waals surface area contributed by atoms with Crippen molar-refractivity contribution in [1.29, 1.82) is 0 Å². The van der Waals surface area contributed by atoms with Crippen LogP contribution in [0.4, 0.5) is 0 Å². The van der Waals surface area contributed by atoms with Crippen molar-refractivity contribution < 1.29 is 19.6 Å². The van der Waals surface area contributed by atoms with Gasteiger partial charge in [-0.3, -0.25) is 5.21 Å². The van der Waals surface area contributed by atoms with Crippen LogP contribution in [0.2, 0.25) is 0 Å². The summed E-state index contributed by atoms with van der Waals surface area (Å²) >= 11 is 0. The first-order valence-corrected chi connectivity index (χ1v) is 3.01. The zero-order chi connectivity index (χ0) is 8.69. The number of nitrogens with two attached hydrogens (primary N) is 1. The van der Waals surface area contributed by atoms with Gasteiger partial charge in [-0.15, -0.1) is 0 Å². The van der Waals surface area contributed by atoms with Crippen LogP contribution in [0.25, 0.3) is 0 Å². The lowest BCUT2D eigenvalue weighted by atomic mass is 10.2. The van der Waals surface area contributed by atoms with Crippen LogP contribution in [0.1, 0.15) is 12.8 Å². The van der Waals surface area contributed by atoms with E-state index in [0.717, 1.165) is 0 Å². The molecule has 0 aliphatic heterocycles. The number of carbonyl (C=O) groups excluding carboxylic acids is 2. The summed E-state index contributed by atoms with van der Waals surface area (Å²) in [4.78, 5) is 24.3. The minimum absolute atomic E-state index is 0.196. The van der Waals surface area contributed by atoms with Crippen molar-refractivity contribution in [2.24, 2.45) is 5.73 Å². The maximum atomic E-state index is 10.6. The van der Waals surface area contributed by atoms with E-state index in [9.17, 15) is 9.59 Å². The summed E-state index contributed by atoms with van der Waals surface area (Å²) < 4.78 is 0. The zero-order valence-corrected chi connectivity index (χ0v) is 5.82. The van der Waals surface area contributed by atoms with Gasteiger partial charge in [-0.25, -0.2) is 4.79 Å². The Labute approximate surface area is 63.2 Å². The maximum Gasteiger partial charge on any atom is 0.344 e. The monoisotopic (exact) mass is 162 g/mol. The Hall–Kier alpha value is -0.980. The Bertz CT molecular complexity index is 138. The first-order chi connectivity index (χ1) is 5.22. The topological polar surface area (TPSA) is 102 Å². The fourth-order valence-corrected chi connectivity index (χ4v) is 0.486. The van der Waals surface area contributed by atoms with Crippen molar-refractivity contribution in [3.8, 4) is 0 Å². The molecule has 0 radical (unpaired) electrons. The molecule has 6 heteroatoms. The lowest BCUT2D eigenvalue weighted by molar-refractivity contribution is -0.178. The van der Waals surface area contributed by atoms with E-state index in [1.807, 2.05) is 0 Å². The third kappa shape index (κ3) is 4.43. The van der Waals surface area contributed by atoms with E-state index in [1.165, 1.54) is 5.64 Å². The highest BCUT2D eigenvalue weighted by atomic mass is 16.9. The molecular formula is C5H10N2O4. The van der Waals surface area contributed by atoms with Gasteiger partial charge in [0.1, 0.15) is 12.3 Å². The molecule has 0 saturated carbocycles. The largest absolute Gasteiger partial charge is 0.344 e. The summed E-state index contributed by atoms with van der Waals surface area (Å²) in [6.45, 7) is 0. The predicted molar refractivity (Wildman–Crippen MR) is 34.3 cm³/mol. The molecule has 6 nitrogen and oxygen atoms in total. The molecule has 11 heavy (non-hydrogen) atoms. The van der Waals surface area contributed by atoms with Gasteiger partial charge >= 0.3 is 5.97 Å². The molecule has 0 aliphatic carbocycles. The fourth-order valence-electron chi connectivity index (χ4n) is 0.486. The molecule has 1 unspecified atom stereocenters. The molecule has 0 aromatic rings. The van der Waals surface area contributed by atoms with Crippen LogP contribution < -0.4 is 11.4 Å². The molecule has 4 N–H and O–H groups in total. The second kappa shape index (κ2) is 5.78. The van der Waals surface area contributed by atoms with Crippen LogP contribution in [-0.2, 0) is 14.4 Å². The normalized spacial score (nSPS) is 12.2. The average molecular weight is 162 g/mol. The highest BCUT2D eigenvalue weighted by Gasteiger charge is 2.13. The molecule has 0 fully saturated rings. The number of carbonyl (C=O) groups is 2. The highest BCUT2D eigenvalue weighted by molar-refractivity contribution is 5.75. The summed E-state index contributed by atoms with van der Waals surface area (Å²) in [7, 11) is 0. The van der Waals surface area contributed by atoms with Crippen molar-refractivity contribution in [2.45, 2.75) is 18.9 Å². The van der Waals surface area contributed by atoms with E-state index < -0.39 is 12.0 Å². The predicted octanol–water partition coefficient (Wildman–Crippen LogP) is -1.27. The number of hydrogen-bond donors (Lipinski definition) is 3. The van der Waals surface area contributed by atoms with Crippen LogP contribution in [0, 0.1) is 0 Å². The molecule has 0 aromatic carbocycles. The van der Waals surface area contributed by atoms with Crippen LogP contribution in [0.15, 0.2) is 0 Å². The standard InChI is InChI=1S/C5H10N2O4/c6-4(2-1-3-8)5(9)11-7-10/h3-4,7,10H,1-2,6H2. The summed E-state index contributed by atoms with van der Waals surface area (Å²) in [6, 6.07) is -0.875. The van der Waals surface area contributed by atoms with E-state index >= 15 is 0 Å². The summed E-state index contributed by atoms with van der Waals surface area (Å²) in [5.74, 6) is -0.797. The molecule has 0 heterocycles. The Morgan fingerprint density at radius 2 is 2.45 bits per heavy atom. The number of hydrogen-bond acceptors (Lipinski definition) is 6. The average Bonchev–Trinajstić information content (AvgIpc) is 2.00. The SMILES string of the molecule is NC(CCC=O)C(=O)ONO. The molecule has 1 atom stereocenters. The Balaban J connectivity index is 3.54. The lowest BCUT2D eigenvalue weighted by Crippen LogP contribution is -2.35. The third-order valence-corrected chi connectivity index (χ3v) is 1.04. The van der Waals surface area contributed by atoms with Crippen LogP contribution >= 0.6 is 0 Å². The molecule has 0 bridgehead atoms. The molecule has 64 valence electrons. The van der Waals surface area contributed by atoms with E-state index in [2.05, 4.69) is 4.84 Å². The lowest BCUT2D eigenvalue weighted by Gasteiger charge is -2.06. The number of rotatable bonds is 5. The first kappa shape index (κ1) is 10.0. The van der Waals surface area contributed by atoms with Crippen LogP contribution in [-0.4, -0.2) is 23.5 Å². The van der Waals surface area contributed by atoms with Crippen LogP contribution in [0.3, 0.4) is 0 Å². The minimum atomic E-state index is -0.875. The second-order valence-corrected chi connectivity index (χ2v) is 1.86. The quantitative estimate of drug-likeness (QED) is 0.344. The maximum absolute atomic E-state index is 10.6. The second-order valence-electron chi connectivity index (χ2n) is 1.86. The molecule has 0 amide bonds. The van der Waals surface area contributed by atoms with Gasteiger partial charge in [0.25, 0.3) is 0 Å². The van der Waals surface area contributed by atoms with Crippen molar-refractivity contribution in [1.82, 2.24) is 5.64 Å². The smallest absolute Gasteiger partial charge is 0.344 e. The van der Waals surface area contributed by atoms with Crippen molar-refractivity contribution in [3.05, 3.63) is 0 Å². The van der Waals surface area contributed by atoms with Gasteiger partial charge in [-0.05, 0) is 12.1 Å². The van der Waals surface area contributed by atoms with E-state index in [-0.39, 0.29) is 12.8 Å². The zero-order valence-electron chi connectivity index (χ0n) is 5.82. The van der Waals surface area contributed by atoms with Gasteiger partial charge in [0.05, 0.1) is 0 Å². The Kier molecular flexibility index (Phi) is 5.26. The first-order valence-electron chi connectivity index (χ1n) is 3.01. The summed E-state index contributed by atoms with van der Waals surface area (Å²) in [6.07, 6.45) is 1.06. The molecule has 0 aliphatic rings. The van der Waals surface area contributed by atoms with E-state index in [4.69, 9.17) is 10.9 Å². The third-order valence-electron chi connectivity index (χ3n) is 1.04. The van der Waals surface area contributed by atoms with Gasteiger partial charge in [-0.1, -0.05) is 0 Å². The highest BCUT2D eigenvalue weighted by Crippen LogP contribution is 1.92. The van der Waals surface area contributed by atoms with Crippen molar-refractivity contribution in [2.75, 3.05) is 0 Å². The van der Waals surface area contributed by atoms with Gasteiger partial charge < -0.3 is 15.4 Å². The minimum Gasteiger partial charge on any atom is -0.344 e. The van der Waals surface area contributed by atoms with Gasteiger partial charge in [0.15, 0.2) is 0 Å². The van der Waals surface area contributed by atoms with E-state index in [0.29, 0.717) is 6.29 Å². The Morgan fingerprint density at radius 1 is 1.82 bits per heavy atom. The van der Waals surface area contributed by atoms with Crippen molar-refractivity contribution in [3.63, 3.8) is 0 Å². The number of aldehydes is 1. The molecular weight excluding hydrogens is 152 g/mol. The van der Waals surface area contributed by atoms with Crippen LogP contribution in [0.5, 0.6) is 0 Å². The van der Waals surface area contributed by atoms with E-state index in [1.54, 1.807) is 0 Å². The van der Waals surface area contributed by atoms with Gasteiger partial charge in [0.2, 0.25) is 0 Å². The molecule has 0 rings (SSSR count).